The zero-order valence-corrected chi connectivity index (χ0v) is 13.3. The van der Waals surface area contributed by atoms with E-state index in [1.54, 1.807) is 12.1 Å². The second kappa shape index (κ2) is 7.88. The predicted molar refractivity (Wildman–Crippen MR) is 87.0 cm³/mol. The third-order valence-corrected chi connectivity index (χ3v) is 4.98. The highest BCUT2D eigenvalue weighted by molar-refractivity contribution is 7.89. The SMILES string of the molecule is N#Cc1ccccc1S(=O)(=O)NC(CCCO)c1ccccc1. The molecule has 5 nitrogen and oxygen atoms in total. The molecule has 1 unspecified atom stereocenters. The summed E-state index contributed by atoms with van der Waals surface area (Å²) in [5, 5.41) is 18.1. The summed E-state index contributed by atoms with van der Waals surface area (Å²) in [5.74, 6) is 0. The number of nitrogens with zero attached hydrogens (tertiary/aromatic N) is 1. The van der Waals surface area contributed by atoms with Crippen molar-refractivity contribution in [1.82, 2.24) is 4.72 Å². The van der Waals surface area contributed by atoms with Gasteiger partial charge in [-0.1, -0.05) is 42.5 Å². The van der Waals surface area contributed by atoms with Gasteiger partial charge in [0.15, 0.2) is 0 Å². The molecule has 0 fully saturated rings. The van der Waals surface area contributed by atoms with E-state index in [-0.39, 0.29) is 17.1 Å². The maximum absolute atomic E-state index is 12.6. The molecular formula is C17H18N2O3S. The number of hydrogen-bond acceptors (Lipinski definition) is 4. The molecule has 0 amide bonds. The van der Waals surface area contributed by atoms with Gasteiger partial charge in [0.1, 0.15) is 6.07 Å². The van der Waals surface area contributed by atoms with Crippen LogP contribution in [0.4, 0.5) is 0 Å². The Kier molecular flexibility index (Phi) is 5.88. The third-order valence-electron chi connectivity index (χ3n) is 3.45. The number of rotatable bonds is 7. The molecule has 0 saturated carbocycles. The minimum Gasteiger partial charge on any atom is -0.396 e. The average Bonchev–Trinajstić information content (AvgIpc) is 2.59. The molecule has 2 aromatic carbocycles. The Bertz CT molecular complexity index is 783. The lowest BCUT2D eigenvalue weighted by Gasteiger charge is -2.19. The third kappa shape index (κ3) is 4.39. The molecule has 0 aromatic heterocycles. The van der Waals surface area contributed by atoms with Gasteiger partial charge in [0.2, 0.25) is 10.0 Å². The van der Waals surface area contributed by atoms with Crippen LogP contribution in [0.3, 0.4) is 0 Å². The van der Waals surface area contributed by atoms with Gasteiger partial charge in [0.05, 0.1) is 10.5 Å². The largest absolute Gasteiger partial charge is 0.396 e. The lowest BCUT2D eigenvalue weighted by Crippen LogP contribution is -2.29. The Morgan fingerprint density at radius 2 is 1.74 bits per heavy atom. The highest BCUT2D eigenvalue weighted by Crippen LogP contribution is 2.23. The minimum absolute atomic E-state index is 0.0140. The van der Waals surface area contributed by atoms with E-state index in [0.717, 1.165) is 5.56 Å². The molecule has 2 aromatic rings. The van der Waals surface area contributed by atoms with Crippen molar-refractivity contribution in [2.45, 2.75) is 23.8 Å². The molecule has 23 heavy (non-hydrogen) atoms. The maximum atomic E-state index is 12.6. The van der Waals surface area contributed by atoms with E-state index in [0.29, 0.717) is 12.8 Å². The number of nitrogens with one attached hydrogen (secondary N) is 1. The highest BCUT2D eigenvalue weighted by atomic mass is 32.2. The number of aliphatic hydroxyl groups excluding tert-OH is 1. The Labute approximate surface area is 136 Å². The van der Waals surface area contributed by atoms with Crippen molar-refractivity contribution in [1.29, 1.82) is 5.26 Å². The van der Waals surface area contributed by atoms with Crippen molar-refractivity contribution in [3.63, 3.8) is 0 Å². The first-order chi connectivity index (χ1) is 11.1. The molecular weight excluding hydrogens is 312 g/mol. The van der Waals surface area contributed by atoms with Gasteiger partial charge >= 0.3 is 0 Å². The second-order valence-corrected chi connectivity index (χ2v) is 6.74. The Morgan fingerprint density at radius 3 is 2.39 bits per heavy atom. The molecule has 1 atom stereocenters. The van der Waals surface area contributed by atoms with Gasteiger partial charge in [0, 0.05) is 12.6 Å². The smallest absolute Gasteiger partial charge is 0.242 e. The van der Waals surface area contributed by atoms with E-state index < -0.39 is 16.1 Å². The van der Waals surface area contributed by atoms with Crippen LogP contribution in [0.1, 0.15) is 30.0 Å². The van der Waals surface area contributed by atoms with Crippen LogP contribution < -0.4 is 4.72 Å². The van der Waals surface area contributed by atoms with Crippen LogP contribution in [0.2, 0.25) is 0 Å². The van der Waals surface area contributed by atoms with Crippen molar-refractivity contribution in [3.8, 4) is 6.07 Å². The monoisotopic (exact) mass is 330 g/mol. The standard InChI is InChI=1S/C17H18N2O3S/c18-13-15-9-4-5-11-17(15)23(21,22)19-16(10-6-12-20)14-7-2-1-3-8-14/h1-5,7-9,11,16,19-20H,6,10,12H2. The van der Waals surface area contributed by atoms with Crippen LogP contribution >= 0.6 is 0 Å². The van der Waals surface area contributed by atoms with Crippen LogP contribution in [0.15, 0.2) is 59.5 Å². The number of hydrogen-bond donors (Lipinski definition) is 2. The molecule has 2 rings (SSSR count). The first-order valence-electron chi connectivity index (χ1n) is 7.26. The fourth-order valence-corrected chi connectivity index (χ4v) is 3.73. The van der Waals surface area contributed by atoms with Gasteiger partial charge in [-0.2, -0.15) is 5.26 Å². The van der Waals surface area contributed by atoms with Gasteiger partial charge in [-0.3, -0.25) is 0 Å². The van der Waals surface area contributed by atoms with Crippen LogP contribution in [0, 0.1) is 11.3 Å². The Balaban J connectivity index is 2.33. The summed E-state index contributed by atoms with van der Waals surface area (Å²) in [6.45, 7) is -0.0140. The van der Waals surface area contributed by atoms with Crippen LogP contribution in [-0.4, -0.2) is 20.1 Å². The first-order valence-corrected chi connectivity index (χ1v) is 8.74. The summed E-state index contributed by atoms with van der Waals surface area (Å²) in [5.41, 5.74) is 0.924. The van der Waals surface area contributed by atoms with Gasteiger partial charge in [-0.25, -0.2) is 13.1 Å². The number of aliphatic hydroxyl groups is 1. The number of sulfonamides is 1. The van der Waals surface area contributed by atoms with E-state index in [9.17, 15) is 8.42 Å². The van der Waals surface area contributed by atoms with E-state index in [2.05, 4.69) is 4.72 Å². The molecule has 0 radical (unpaired) electrons. The van der Waals surface area contributed by atoms with Crippen LogP contribution in [0.25, 0.3) is 0 Å². The molecule has 0 aliphatic heterocycles. The highest BCUT2D eigenvalue weighted by Gasteiger charge is 2.23. The van der Waals surface area contributed by atoms with Gasteiger partial charge in [-0.15, -0.1) is 0 Å². The summed E-state index contributed by atoms with van der Waals surface area (Å²) >= 11 is 0. The zero-order chi connectivity index (χ0) is 16.7. The van der Waals surface area contributed by atoms with E-state index in [1.165, 1.54) is 12.1 Å². The van der Waals surface area contributed by atoms with Crippen LogP contribution in [-0.2, 0) is 10.0 Å². The van der Waals surface area contributed by atoms with Crippen molar-refractivity contribution in [3.05, 3.63) is 65.7 Å². The molecule has 0 aliphatic rings. The summed E-state index contributed by atoms with van der Waals surface area (Å²) in [7, 11) is -3.83. The fraction of sp³-hybridized carbons (Fsp3) is 0.235. The molecule has 0 aliphatic carbocycles. The lowest BCUT2D eigenvalue weighted by molar-refractivity contribution is 0.278. The van der Waals surface area contributed by atoms with Crippen molar-refractivity contribution in [2.24, 2.45) is 0 Å². The van der Waals surface area contributed by atoms with Crippen molar-refractivity contribution in [2.75, 3.05) is 6.61 Å². The quantitative estimate of drug-likeness (QED) is 0.815. The van der Waals surface area contributed by atoms with E-state index in [1.807, 2.05) is 36.4 Å². The molecule has 2 N–H and O–H groups in total. The van der Waals surface area contributed by atoms with Crippen LogP contribution in [0.5, 0.6) is 0 Å². The minimum atomic E-state index is -3.83. The number of benzene rings is 2. The zero-order valence-electron chi connectivity index (χ0n) is 12.5. The summed E-state index contributed by atoms with van der Waals surface area (Å²) in [6, 6.07) is 16.7. The molecule has 0 bridgehead atoms. The first kappa shape index (κ1) is 17.2. The van der Waals surface area contributed by atoms with Gasteiger partial charge in [-0.05, 0) is 30.5 Å². The van der Waals surface area contributed by atoms with Gasteiger partial charge < -0.3 is 5.11 Å². The fourth-order valence-electron chi connectivity index (χ4n) is 2.32. The normalized spacial score (nSPS) is 12.5. The topological polar surface area (TPSA) is 90.2 Å². The summed E-state index contributed by atoms with van der Waals surface area (Å²) in [6.07, 6.45) is 0.941. The average molecular weight is 330 g/mol. The maximum Gasteiger partial charge on any atom is 0.242 e. The summed E-state index contributed by atoms with van der Waals surface area (Å²) < 4.78 is 27.9. The van der Waals surface area contributed by atoms with E-state index >= 15 is 0 Å². The molecule has 6 heteroatoms. The van der Waals surface area contributed by atoms with Crippen molar-refractivity contribution < 1.29 is 13.5 Å². The Hall–Kier alpha value is -2.20. The predicted octanol–water partition coefficient (Wildman–Crippen LogP) is 2.35. The Morgan fingerprint density at radius 1 is 1.09 bits per heavy atom. The number of nitriles is 1. The second-order valence-electron chi connectivity index (χ2n) is 5.06. The molecule has 0 spiro atoms. The molecule has 120 valence electrons. The molecule has 0 saturated heterocycles. The van der Waals surface area contributed by atoms with Gasteiger partial charge in [0.25, 0.3) is 0 Å². The molecule has 0 heterocycles. The van der Waals surface area contributed by atoms with Crippen molar-refractivity contribution >= 4 is 10.0 Å². The lowest BCUT2D eigenvalue weighted by atomic mass is 10.0. The summed E-state index contributed by atoms with van der Waals surface area (Å²) in [4.78, 5) is -0.0348. The van der Waals surface area contributed by atoms with E-state index in [4.69, 9.17) is 10.4 Å².